The number of benzene rings is 1. The summed E-state index contributed by atoms with van der Waals surface area (Å²) in [5, 5.41) is 18.2. The van der Waals surface area contributed by atoms with Crippen molar-refractivity contribution in [1.82, 2.24) is 15.1 Å². The van der Waals surface area contributed by atoms with Crippen LogP contribution in [0.5, 0.6) is 0 Å². The Morgan fingerprint density at radius 1 is 1.48 bits per heavy atom. The highest BCUT2D eigenvalue weighted by Gasteiger charge is 2.13. The quantitative estimate of drug-likeness (QED) is 0.787. The molecule has 0 fully saturated rings. The standard InChI is InChI=1S/C13H13BrN4O3/c1-18(7-8-5-15-16-6-8)13(21)17-9-2-3-11(14)10(4-9)12(19)20/h2-6H,7H2,1H3,(H,15,16)(H,17,21)(H,19,20). The van der Waals surface area contributed by atoms with E-state index in [1.165, 1.54) is 11.0 Å². The SMILES string of the molecule is CN(Cc1cn[nH]c1)C(=O)Nc1ccc(Br)c(C(=O)O)c1. The van der Waals surface area contributed by atoms with Crippen LogP contribution in [0.1, 0.15) is 15.9 Å². The van der Waals surface area contributed by atoms with Crippen molar-refractivity contribution >= 4 is 33.6 Å². The first kappa shape index (κ1) is 15.0. The van der Waals surface area contributed by atoms with Crippen LogP contribution in [0.15, 0.2) is 35.1 Å². The molecule has 0 unspecified atom stereocenters. The highest BCUT2D eigenvalue weighted by molar-refractivity contribution is 9.10. The molecule has 0 bridgehead atoms. The third-order valence-electron chi connectivity index (χ3n) is 2.77. The van der Waals surface area contributed by atoms with Gasteiger partial charge in [0.2, 0.25) is 0 Å². The molecule has 8 heteroatoms. The average Bonchev–Trinajstić information content (AvgIpc) is 2.93. The summed E-state index contributed by atoms with van der Waals surface area (Å²) >= 11 is 3.15. The molecular weight excluding hydrogens is 340 g/mol. The minimum absolute atomic E-state index is 0.0882. The van der Waals surface area contributed by atoms with E-state index < -0.39 is 5.97 Å². The highest BCUT2D eigenvalue weighted by atomic mass is 79.9. The first-order valence-corrected chi connectivity index (χ1v) is 6.79. The number of aromatic amines is 1. The van der Waals surface area contributed by atoms with Gasteiger partial charge in [-0.2, -0.15) is 5.10 Å². The van der Waals surface area contributed by atoms with Gasteiger partial charge in [0, 0.05) is 29.0 Å². The molecule has 0 radical (unpaired) electrons. The monoisotopic (exact) mass is 352 g/mol. The molecule has 2 aromatic rings. The summed E-state index contributed by atoms with van der Waals surface area (Å²) < 4.78 is 0.458. The number of aromatic nitrogens is 2. The number of carbonyl (C=O) groups excluding carboxylic acids is 1. The second kappa shape index (κ2) is 6.40. The van der Waals surface area contributed by atoms with E-state index in [2.05, 4.69) is 31.4 Å². The lowest BCUT2D eigenvalue weighted by atomic mass is 10.2. The maximum Gasteiger partial charge on any atom is 0.336 e. The molecule has 3 N–H and O–H groups in total. The number of urea groups is 1. The van der Waals surface area contributed by atoms with Gasteiger partial charge in [-0.05, 0) is 34.1 Å². The van der Waals surface area contributed by atoms with Crippen LogP contribution in [-0.2, 0) is 6.54 Å². The van der Waals surface area contributed by atoms with E-state index in [4.69, 9.17) is 5.11 Å². The fraction of sp³-hybridized carbons (Fsp3) is 0.154. The molecule has 7 nitrogen and oxygen atoms in total. The van der Waals surface area contributed by atoms with E-state index in [-0.39, 0.29) is 11.6 Å². The van der Waals surface area contributed by atoms with Crippen molar-refractivity contribution in [3.8, 4) is 0 Å². The summed E-state index contributed by atoms with van der Waals surface area (Å²) in [7, 11) is 1.64. The van der Waals surface area contributed by atoms with Crippen LogP contribution >= 0.6 is 15.9 Å². The summed E-state index contributed by atoms with van der Waals surface area (Å²) in [5.41, 5.74) is 1.37. The summed E-state index contributed by atoms with van der Waals surface area (Å²) in [6.45, 7) is 0.394. The maximum atomic E-state index is 12.0. The third kappa shape index (κ3) is 3.82. The number of aromatic carboxylic acids is 1. The van der Waals surface area contributed by atoms with Crippen LogP contribution in [0.2, 0.25) is 0 Å². The zero-order valence-electron chi connectivity index (χ0n) is 11.1. The number of hydrogen-bond donors (Lipinski definition) is 3. The molecule has 2 amide bonds. The van der Waals surface area contributed by atoms with Gasteiger partial charge in [-0.15, -0.1) is 0 Å². The van der Waals surface area contributed by atoms with E-state index >= 15 is 0 Å². The van der Waals surface area contributed by atoms with Gasteiger partial charge in [0.05, 0.1) is 18.3 Å². The van der Waals surface area contributed by atoms with Crippen molar-refractivity contribution in [3.63, 3.8) is 0 Å². The largest absolute Gasteiger partial charge is 0.478 e. The first-order valence-electron chi connectivity index (χ1n) is 6.00. The molecule has 1 heterocycles. The Balaban J connectivity index is 2.05. The predicted octanol–water partition coefficient (Wildman–Crippen LogP) is 2.53. The molecule has 110 valence electrons. The van der Waals surface area contributed by atoms with Crippen molar-refractivity contribution in [2.75, 3.05) is 12.4 Å². The smallest absolute Gasteiger partial charge is 0.336 e. The topological polar surface area (TPSA) is 98.3 Å². The maximum absolute atomic E-state index is 12.0. The van der Waals surface area contributed by atoms with Crippen molar-refractivity contribution in [3.05, 3.63) is 46.2 Å². The molecule has 0 atom stereocenters. The predicted molar refractivity (Wildman–Crippen MR) is 80.2 cm³/mol. The second-order valence-electron chi connectivity index (χ2n) is 4.39. The van der Waals surface area contributed by atoms with Crippen molar-refractivity contribution in [2.45, 2.75) is 6.54 Å². The lowest BCUT2D eigenvalue weighted by Crippen LogP contribution is -2.30. The Hall–Kier alpha value is -2.35. The Bertz CT molecular complexity index is 657. The van der Waals surface area contributed by atoms with Crippen LogP contribution in [-0.4, -0.2) is 39.3 Å². The number of carboxylic acids is 1. The van der Waals surface area contributed by atoms with E-state index in [0.717, 1.165) is 5.56 Å². The Kier molecular flexibility index (Phi) is 4.59. The second-order valence-corrected chi connectivity index (χ2v) is 5.25. The first-order chi connectivity index (χ1) is 9.97. The summed E-state index contributed by atoms with van der Waals surface area (Å²) in [6.07, 6.45) is 3.33. The highest BCUT2D eigenvalue weighted by Crippen LogP contribution is 2.21. The average molecular weight is 353 g/mol. The lowest BCUT2D eigenvalue weighted by Gasteiger charge is -2.17. The normalized spacial score (nSPS) is 10.2. The molecule has 0 saturated carbocycles. The fourth-order valence-corrected chi connectivity index (χ4v) is 2.11. The zero-order valence-corrected chi connectivity index (χ0v) is 12.7. The van der Waals surface area contributed by atoms with Gasteiger partial charge in [0.25, 0.3) is 0 Å². The molecule has 0 saturated heterocycles. The van der Waals surface area contributed by atoms with Crippen LogP contribution in [0.4, 0.5) is 10.5 Å². The number of rotatable bonds is 4. The summed E-state index contributed by atoms with van der Waals surface area (Å²) in [5.74, 6) is -1.07. The van der Waals surface area contributed by atoms with E-state index in [1.807, 2.05) is 0 Å². The molecule has 1 aromatic carbocycles. The minimum atomic E-state index is -1.07. The van der Waals surface area contributed by atoms with Crippen LogP contribution < -0.4 is 5.32 Å². The van der Waals surface area contributed by atoms with Gasteiger partial charge >= 0.3 is 12.0 Å². The van der Waals surface area contributed by atoms with Gasteiger partial charge in [-0.1, -0.05) is 0 Å². The van der Waals surface area contributed by atoms with E-state index in [0.29, 0.717) is 16.7 Å². The third-order valence-corrected chi connectivity index (χ3v) is 3.46. The van der Waals surface area contributed by atoms with Crippen LogP contribution in [0.25, 0.3) is 0 Å². The number of nitrogens with zero attached hydrogens (tertiary/aromatic N) is 2. The molecule has 0 aliphatic heterocycles. The Labute approximate surface area is 129 Å². The van der Waals surface area contributed by atoms with Gasteiger partial charge in [-0.25, -0.2) is 9.59 Å². The van der Waals surface area contributed by atoms with Crippen molar-refractivity contribution < 1.29 is 14.7 Å². The van der Waals surface area contributed by atoms with Crippen LogP contribution in [0, 0.1) is 0 Å². The van der Waals surface area contributed by atoms with Gasteiger partial charge in [0.1, 0.15) is 0 Å². The number of halogens is 1. The molecule has 1 aromatic heterocycles. The van der Waals surface area contributed by atoms with E-state index in [9.17, 15) is 9.59 Å². The number of amides is 2. The number of H-pyrrole nitrogens is 1. The lowest BCUT2D eigenvalue weighted by molar-refractivity contribution is 0.0696. The Morgan fingerprint density at radius 3 is 2.86 bits per heavy atom. The number of carboxylic acid groups (broad SMARTS) is 1. The van der Waals surface area contributed by atoms with Gasteiger partial charge in [-0.3, -0.25) is 5.10 Å². The molecule has 2 rings (SSSR count). The summed E-state index contributed by atoms with van der Waals surface area (Å²) in [6, 6.07) is 4.26. The summed E-state index contributed by atoms with van der Waals surface area (Å²) in [4.78, 5) is 24.5. The molecule has 0 aliphatic rings. The molecule has 0 aliphatic carbocycles. The minimum Gasteiger partial charge on any atom is -0.478 e. The van der Waals surface area contributed by atoms with Crippen LogP contribution in [0.3, 0.4) is 0 Å². The van der Waals surface area contributed by atoms with Crippen molar-refractivity contribution in [2.24, 2.45) is 0 Å². The zero-order chi connectivity index (χ0) is 15.4. The number of nitrogens with one attached hydrogen (secondary N) is 2. The van der Waals surface area contributed by atoms with Gasteiger partial charge in [0.15, 0.2) is 0 Å². The Morgan fingerprint density at radius 2 is 2.24 bits per heavy atom. The van der Waals surface area contributed by atoms with Crippen molar-refractivity contribution in [1.29, 1.82) is 0 Å². The molecular formula is C13H13BrN4O3. The van der Waals surface area contributed by atoms with E-state index in [1.54, 1.807) is 31.6 Å². The number of carbonyl (C=O) groups is 2. The fourth-order valence-electron chi connectivity index (χ4n) is 1.70. The number of anilines is 1. The molecule has 0 spiro atoms. The number of hydrogen-bond acceptors (Lipinski definition) is 3. The molecule has 21 heavy (non-hydrogen) atoms. The van der Waals surface area contributed by atoms with Gasteiger partial charge < -0.3 is 15.3 Å².